The first kappa shape index (κ1) is 18.6. The van der Waals surface area contributed by atoms with Crippen LogP contribution in [0, 0.1) is 0 Å². The van der Waals surface area contributed by atoms with Gasteiger partial charge in [-0.1, -0.05) is 0 Å². The van der Waals surface area contributed by atoms with Gasteiger partial charge in [0.2, 0.25) is 10.0 Å². The molecule has 2 aromatic rings. The SMILES string of the molecule is COc1cc(OC)cc(C(=O)Nc2ccc(N(C)S(C)(=O)=O)cc2)c1. The Morgan fingerprint density at radius 3 is 1.96 bits per heavy atom. The van der Waals surface area contributed by atoms with E-state index in [9.17, 15) is 13.2 Å². The van der Waals surface area contributed by atoms with E-state index in [1.807, 2.05) is 0 Å². The molecule has 1 N–H and O–H groups in total. The van der Waals surface area contributed by atoms with Crippen LogP contribution in [0.2, 0.25) is 0 Å². The minimum Gasteiger partial charge on any atom is -0.497 e. The summed E-state index contributed by atoms with van der Waals surface area (Å²) >= 11 is 0. The average Bonchev–Trinajstić information content (AvgIpc) is 2.60. The topological polar surface area (TPSA) is 84.9 Å². The number of carbonyl (C=O) groups excluding carboxylic acids is 1. The Morgan fingerprint density at radius 1 is 1.00 bits per heavy atom. The average molecular weight is 364 g/mol. The summed E-state index contributed by atoms with van der Waals surface area (Å²) in [7, 11) is 1.15. The first-order valence-corrected chi connectivity index (χ1v) is 9.18. The normalized spacial score (nSPS) is 10.9. The van der Waals surface area contributed by atoms with E-state index in [1.54, 1.807) is 42.5 Å². The molecule has 0 saturated heterocycles. The lowest BCUT2D eigenvalue weighted by Crippen LogP contribution is -2.24. The van der Waals surface area contributed by atoms with Crippen LogP contribution in [0.15, 0.2) is 42.5 Å². The maximum absolute atomic E-state index is 12.4. The van der Waals surface area contributed by atoms with Crippen LogP contribution in [0.1, 0.15) is 10.4 Å². The van der Waals surface area contributed by atoms with E-state index in [4.69, 9.17) is 9.47 Å². The maximum Gasteiger partial charge on any atom is 0.255 e. The molecular formula is C17H20N2O5S. The standard InChI is InChI=1S/C17H20N2O5S/c1-19(25(4,21)22)14-7-5-13(6-8-14)18-17(20)12-9-15(23-2)11-16(10-12)24-3/h5-11H,1-4H3,(H,18,20). The number of benzene rings is 2. The number of sulfonamides is 1. The largest absolute Gasteiger partial charge is 0.497 e. The molecule has 0 aromatic heterocycles. The van der Waals surface area contributed by atoms with Crippen LogP contribution in [0.5, 0.6) is 11.5 Å². The van der Waals surface area contributed by atoms with Gasteiger partial charge in [-0.25, -0.2) is 8.42 Å². The van der Waals surface area contributed by atoms with Crippen LogP contribution in [0.4, 0.5) is 11.4 Å². The number of ether oxygens (including phenoxy) is 2. The Labute approximate surface area is 147 Å². The minimum atomic E-state index is -3.33. The number of rotatable bonds is 6. The van der Waals surface area contributed by atoms with Gasteiger partial charge in [0.15, 0.2) is 0 Å². The molecule has 1 amide bonds. The highest BCUT2D eigenvalue weighted by Crippen LogP contribution is 2.24. The number of nitrogens with zero attached hydrogens (tertiary/aromatic N) is 1. The molecule has 7 nitrogen and oxygen atoms in total. The highest BCUT2D eigenvalue weighted by atomic mass is 32.2. The zero-order valence-corrected chi connectivity index (χ0v) is 15.3. The number of nitrogens with one attached hydrogen (secondary N) is 1. The Bertz CT molecular complexity index is 841. The lowest BCUT2D eigenvalue weighted by atomic mass is 10.1. The maximum atomic E-state index is 12.4. The van der Waals surface area contributed by atoms with E-state index in [0.717, 1.165) is 10.6 Å². The van der Waals surface area contributed by atoms with Gasteiger partial charge in [-0.15, -0.1) is 0 Å². The molecule has 0 saturated carbocycles. The highest BCUT2D eigenvalue weighted by Gasteiger charge is 2.13. The fourth-order valence-electron chi connectivity index (χ4n) is 2.09. The van der Waals surface area contributed by atoms with E-state index >= 15 is 0 Å². The first-order valence-electron chi connectivity index (χ1n) is 7.33. The Balaban J connectivity index is 2.18. The molecule has 2 aromatic carbocycles. The molecule has 0 aliphatic heterocycles. The number of methoxy groups -OCH3 is 2. The Hall–Kier alpha value is -2.74. The summed E-state index contributed by atoms with van der Waals surface area (Å²) < 4.78 is 34.5. The number of hydrogen-bond donors (Lipinski definition) is 1. The van der Waals surface area contributed by atoms with E-state index in [0.29, 0.717) is 28.4 Å². The summed E-state index contributed by atoms with van der Waals surface area (Å²) in [6, 6.07) is 11.4. The zero-order chi connectivity index (χ0) is 18.6. The van der Waals surface area contributed by atoms with E-state index in [2.05, 4.69) is 5.32 Å². The molecule has 0 heterocycles. The van der Waals surface area contributed by atoms with Gasteiger partial charge in [-0.3, -0.25) is 9.10 Å². The van der Waals surface area contributed by atoms with Crippen molar-refractivity contribution in [3.63, 3.8) is 0 Å². The molecular weight excluding hydrogens is 344 g/mol. The second-order valence-corrected chi connectivity index (χ2v) is 7.35. The zero-order valence-electron chi connectivity index (χ0n) is 14.4. The second-order valence-electron chi connectivity index (χ2n) is 5.33. The van der Waals surface area contributed by atoms with E-state index in [-0.39, 0.29) is 5.91 Å². The third-order valence-electron chi connectivity index (χ3n) is 3.60. The molecule has 0 spiro atoms. The Kier molecular flexibility index (Phi) is 5.53. The number of carbonyl (C=O) groups is 1. The summed E-state index contributed by atoms with van der Waals surface area (Å²) in [6.07, 6.45) is 1.12. The first-order chi connectivity index (χ1) is 11.7. The molecule has 0 unspecified atom stereocenters. The second kappa shape index (κ2) is 7.43. The smallest absolute Gasteiger partial charge is 0.255 e. The van der Waals surface area contributed by atoms with Crippen molar-refractivity contribution in [2.75, 3.05) is 37.1 Å². The molecule has 8 heteroatoms. The fraction of sp³-hybridized carbons (Fsp3) is 0.235. The molecule has 0 aliphatic rings. The molecule has 0 bridgehead atoms. The fourth-order valence-corrected chi connectivity index (χ4v) is 2.59. The quantitative estimate of drug-likeness (QED) is 0.850. The summed E-state index contributed by atoms with van der Waals surface area (Å²) in [5.74, 6) is 0.686. The number of hydrogen-bond acceptors (Lipinski definition) is 5. The van der Waals surface area contributed by atoms with Crippen molar-refractivity contribution in [1.29, 1.82) is 0 Å². The highest BCUT2D eigenvalue weighted by molar-refractivity contribution is 7.92. The lowest BCUT2D eigenvalue weighted by molar-refractivity contribution is 0.102. The molecule has 134 valence electrons. The molecule has 0 fully saturated rings. The van der Waals surface area contributed by atoms with Crippen LogP contribution in [0.25, 0.3) is 0 Å². The molecule has 25 heavy (non-hydrogen) atoms. The summed E-state index contributed by atoms with van der Waals surface area (Å²) in [5.41, 5.74) is 1.43. The third-order valence-corrected chi connectivity index (χ3v) is 4.81. The lowest BCUT2D eigenvalue weighted by Gasteiger charge is -2.17. The summed E-state index contributed by atoms with van der Waals surface area (Å²) in [5, 5.41) is 2.75. The van der Waals surface area contributed by atoms with Crippen molar-refractivity contribution in [3.05, 3.63) is 48.0 Å². The van der Waals surface area contributed by atoms with Crippen LogP contribution in [-0.4, -0.2) is 41.8 Å². The van der Waals surface area contributed by atoms with Crippen molar-refractivity contribution in [1.82, 2.24) is 0 Å². The third kappa shape index (κ3) is 4.63. The van der Waals surface area contributed by atoms with Crippen LogP contribution in [-0.2, 0) is 10.0 Å². The minimum absolute atomic E-state index is 0.332. The number of anilines is 2. The van der Waals surface area contributed by atoms with Gasteiger partial charge in [0.1, 0.15) is 11.5 Å². The van der Waals surface area contributed by atoms with Gasteiger partial charge in [0.25, 0.3) is 5.91 Å². The van der Waals surface area contributed by atoms with Crippen LogP contribution >= 0.6 is 0 Å². The van der Waals surface area contributed by atoms with Crippen molar-refractivity contribution in [3.8, 4) is 11.5 Å². The van der Waals surface area contributed by atoms with Gasteiger partial charge in [-0.05, 0) is 36.4 Å². The molecule has 0 aliphatic carbocycles. The van der Waals surface area contributed by atoms with Gasteiger partial charge < -0.3 is 14.8 Å². The van der Waals surface area contributed by atoms with Crippen molar-refractivity contribution in [2.24, 2.45) is 0 Å². The van der Waals surface area contributed by atoms with E-state index in [1.165, 1.54) is 21.3 Å². The number of amides is 1. The van der Waals surface area contributed by atoms with Crippen molar-refractivity contribution < 1.29 is 22.7 Å². The Morgan fingerprint density at radius 2 is 1.52 bits per heavy atom. The van der Waals surface area contributed by atoms with Crippen molar-refractivity contribution in [2.45, 2.75) is 0 Å². The predicted molar refractivity (Wildman–Crippen MR) is 97.2 cm³/mol. The van der Waals surface area contributed by atoms with Crippen molar-refractivity contribution >= 4 is 27.3 Å². The molecule has 2 rings (SSSR count). The van der Waals surface area contributed by atoms with Gasteiger partial charge >= 0.3 is 0 Å². The van der Waals surface area contributed by atoms with E-state index < -0.39 is 10.0 Å². The van der Waals surface area contributed by atoms with Gasteiger partial charge in [0.05, 0.1) is 26.2 Å². The predicted octanol–water partition coefficient (Wildman–Crippen LogP) is 2.35. The monoisotopic (exact) mass is 364 g/mol. The molecule has 0 atom stereocenters. The van der Waals surface area contributed by atoms with Crippen LogP contribution < -0.4 is 19.1 Å². The summed E-state index contributed by atoms with van der Waals surface area (Å²) in [4.78, 5) is 12.4. The van der Waals surface area contributed by atoms with Gasteiger partial charge in [0, 0.05) is 24.4 Å². The molecule has 0 radical (unpaired) electrons. The van der Waals surface area contributed by atoms with Crippen LogP contribution in [0.3, 0.4) is 0 Å². The van der Waals surface area contributed by atoms with Gasteiger partial charge in [-0.2, -0.15) is 0 Å². The summed E-state index contributed by atoms with van der Waals surface area (Å²) in [6.45, 7) is 0.